The third-order valence-corrected chi connectivity index (χ3v) is 5.46. The molecule has 0 atom stereocenters. The van der Waals surface area contributed by atoms with Crippen LogP contribution in [0.5, 0.6) is 5.75 Å². The van der Waals surface area contributed by atoms with Gasteiger partial charge in [-0.15, -0.1) is 0 Å². The van der Waals surface area contributed by atoms with E-state index in [1.165, 1.54) is 9.13 Å². The van der Waals surface area contributed by atoms with E-state index in [1.807, 2.05) is 62.6 Å². The minimum atomic E-state index is -0.370. The molecular formula is C23H28N6O3. The number of aryl methyl sites for hydroxylation is 3. The number of nitrogens with zero attached hydrogens (tertiary/aromatic N) is 6. The van der Waals surface area contributed by atoms with Crippen molar-refractivity contribution in [2.45, 2.75) is 40.8 Å². The van der Waals surface area contributed by atoms with E-state index in [9.17, 15) is 9.59 Å². The Morgan fingerprint density at radius 2 is 1.75 bits per heavy atom. The number of rotatable bonds is 6. The molecule has 9 nitrogen and oxygen atoms in total. The average Bonchev–Trinajstić information content (AvgIpc) is 3.29. The maximum absolute atomic E-state index is 13.5. The molecule has 3 heterocycles. The molecular weight excluding hydrogens is 408 g/mol. The summed E-state index contributed by atoms with van der Waals surface area (Å²) in [5.74, 6) is 1.40. The van der Waals surface area contributed by atoms with Crippen LogP contribution in [-0.4, -0.2) is 35.6 Å². The summed E-state index contributed by atoms with van der Waals surface area (Å²) in [6, 6.07) is 9.61. The van der Waals surface area contributed by atoms with E-state index >= 15 is 0 Å². The van der Waals surface area contributed by atoms with Crippen LogP contribution in [-0.2, 0) is 20.1 Å². The number of ether oxygens (including phenoxy) is 1. The van der Waals surface area contributed by atoms with Crippen LogP contribution in [0.25, 0.3) is 17.1 Å². The van der Waals surface area contributed by atoms with Gasteiger partial charge in [0.05, 0.1) is 19.3 Å². The number of aromatic nitrogens is 6. The molecule has 0 fully saturated rings. The molecule has 0 aliphatic carbocycles. The van der Waals surface area contributed by atoms with Crippen LogP contribution in [0.1, 0.15) is 30.8 Å². The van der Waals surface area contributed by atoms with Crippen molar-refractivity contribution in [1.82, 2.24) is 28.5 Å². The van der Waals surface area contributed by atoms with Gasteiger partial charge in [0.1, 0.15) is 5.75 Å². The third kappa shape index (κ3) is 3.63. The number of benzene rings is 1. The van der Waals surface area contributed by atoms with E-state index in [2.05, 4.69) is 5.10 Å². The predicted molar refractivity (Wildman–Crippen MR) is 123 cm³/mol. The molecule has 0 unspecified atom stereocenters. The number of hydrogen-bond acceptors (Lipinski definition) is 5. The maximum atomic E-state index is 13.5. The molecule has 0 radical (unpaired) electrons. The molecule has 0 saturated heterocycles. The fourth-order valence-corrected chi connectivity index (χ4v) is 3.94. The normalized spacial score (nSPS) is 11.6. The zero-order valence-corrected chi connectivity index (χ0v) is 19.3. The van der Waals surface area contributed by atoms with Gasteiger partial charge in [-0.1, -0.05) is 26.0 Å². The smallest absolute Gasteiger partial charge is 0.332 e. The molecule has 0 aliphatic rings. The molecule has 168 valence electrons. The summed E-state index contributed by atoms with van der Waals surface area (Å²) in [6.07, 6.45) is 0. The van der Waals surface area contributed by atoms with Crippen molar-refractivity contribution in [1.29, 1.82) is 0 Å². The Balaban J connectivity index is 2.03. The molecule has 0 aliphatic heterocycles. The van der Waals surface area contributed by atoms with Crippen LogP contribution in [0.15, 0.2) is 39.9 Å². The number of hydrogen-bond donors (Lipinski definition) is 0. The fraction of sp³-hybridized carbons (Fsp3) is 0.391. The van der Waals surface area contributed by atoms with E-state index in [4.69, 9.17) is 9.72 Å². The largest absolute Gasteiger partial charge is 0.497 e. The highest BCUT2D eigenvalue weighted by Gasteiger charge is 2.23. The molecule has 0 N–H and O–H groups in total. The van der Waals surface area contributed by atoms with Gasteiger partial charge in [0, 0.05) is 19.3 Å². The molecule has 0 bridgehead atoms. The second kappa shape index (κ2) is 8.14. The number of methoxy groups -OCH3 is 1. The molecule has 0 amide bonds. The van der Waals surface area contributed by atoms with E-state index in [0.717, 1.165) is 22.7 Å². The van der Waals surface area contributed by atoms with Gasteiger partial charge < -0.3 is 4.74 Å². The van der Waals surface area contributed by atoms with Gasteiger partial charge in [-0.05, 0) is 43.5 Å². The maximum Gasteiger partial charge on any atom is 0.332 e. The second-order valence-corrected chi connectivity index (χ2v) is 8.51. The van der Waals surface area contributed by atoms with Crippen molar-refractivity contribution in [3.05, 3.63) is 68.1 Å². The Kier molecular flexibility index (Phi) is 5.50. The van der Waals surface area contributed by atoms with Crippen molar-refractivity contribution in [3.8, 4) is 11.7 Å². The van der Waals surface area contributed by atoms with Gasteiger partial charge in [0.25, 0.3) is 5.56 Å². The van der Waals surface area contributed by atoms with Crippen molar-refractivity contribution in [2.24, 2.45) is 13.0 Å². The first-order chi connectivity index (χ1) is 15.2. The zero-order chi connectivity index (χ0) is 23.2. The summed E-state index contributed by atoms with van der Waals surface area (Å²) in [5.41, 5.74) is 2.72. The highest BCUT2D eigenvalue weighted by Crippen LogP contribution is 2.20. The lowest BCUT2D eigenvalue weighted by Crippen LogP contribution is -2.40. The van der Waals surface area contributed by atoms with E-state index in [0.29, 0.717) is 30.2 Å². The van der Waals surface area contributed by atoms with Crippen LogP contribution < -0.4 is 16.0 Å². The van der Waals surface area contributed by atoms with Crippen molar-refractivity contribution >= 4 is 11.2 Å². The van der Waals surface area contributed by atoms with Gasteiger partial charge in [-0.2, -0.15) is 10.1 Å². The first-order valence-electron chi connectivity index (χ1n) is 10.6. The quantitative estimate of drug-likeness (QED) is 0.463. The van der Waals surface area contributed by atoms with Gasteiger partial charge in [0.2, 0.25) is 5.95 Å². The first kappa shape index (κ1) is 21.6. The van der Waals surface area contributed by atoms with Crippen LogP contribution in [0, 0.1) is 19.8 Å². The molecule has 9 heteroatoms. The molecule has 4 aromatic rings. The van der Waals surface area contributed by atoms with Gasteiger partial charge in [0.15, 0.2) is 11.2 Å². The summed E-state index contributed by atoms with van der Waals surface area (Å²) in [5, 5.41) is 4.58. The number of fused-ring (bicyclic) bond motifs is 1. The summed E-state index contributed by atoms with van der Waals surface area (Å²) in [4.78, 5) is 31.2. The zero-order valence-electron chi connectivity index (χ0n) is 19.3. The minimum Gasteiger partial charge on any atom is -0.497 e. The van der Waals surface area contributed by atoms with Gasteiger partial charge in [-0.25, -0.2) is 9.48 Å². The SMILES string of the molecule is COc1ccc(Cn2c(-n3nc(C)cc3C)nc3c2c(=O)n(CC(C)C)c(=O)n3C)cc1. The van der Waals surface area contributed by atoms with Crippen LogP contribution in [0.2, 0.25) is 0 Å². The Labute approximate surface area is 185 Å². The number of imidazole rings is 1. The Morgan fingerprint density at radius 1 is 1.06 bits per heavy atom. The van der Waals surface area contributed by atoms with Crippen LogP contribution >= 0.6 is 0 Å². The summed E-state index contributed by atoms with van der Waals surface area (Å²) < 4.78 is 11.6. The fourth-order valence-electron chi connectivity index (χ4n) is 3.94. The van der Waals surface area contributed by atoms with Crippen LogP contribution in [0.4, 0.5) is 0 Å². The lowest BCUT2D eigenvalue weighted by atomic mass is 10.2. The molecule has 4 rings (SSSR count). The van der Waals surface area contributed by atoms with Gasteiger partial charge >= 0.3 is 5.69 Å². The van der Waals surface area contributed by atoms with Crippen molar-refractivity contribution in [2.75, 3.05) is 7.11 Å². The standard InChI is InChI=1S/C23H28N6O3/c1-14(2)12-28-21(30)19-20(26(5)23(28)31)24-22(29-16(4)11-15(3)25-29)27(19)13-17-7-9-18(32-6)10-8-17/h7-11,14H,12-13H2,1-6H3. The van der Waals surface area contributed by atoms with E-state index in [1.54, 1.807) is 18.8 Å². The Hall–Kier alpha value is -3.62. The predicted octanol–water partition coefficient (Wildman–Crippen LogP) is 2.41. The summed E-state index contributed by atoms with van der Waals surface area (Å²) in [7, 11) is 3.27. The monoisotopic (exact) mass is 436 g/mol. The minimum absolute atomic E-state index is 0.145. The molecule has 1 aromatic carbocycles. The molecule has 32 heavy (non-hydrogen) atoms. The molecule has 0 saturated carbocycles. The second-order valence-electron chi connectivity index (χ2n) is 8.51. The van der Waals surface area contributed by atoms with E-state index < -0.39 is 0 Å². The topological polar surface area (TPSA) is 88.9 Å². The van der Waals surface area contributed by atoms with E-state index in [-0.39, 0.29) is 17.2 Å². The van der Waals surface area contributed by atoms with Crippen molar-refractivity contribution < 1.29 is 4.74 Å². The highest BCUT2D eigenvalue weighted by molar-refractivity contribution is 5.73. The summed E-state index contributed by atoms with van der Waals surface area (Å²) in [6.45, 7) is 8.53. The Bertz CT molecular complexity index is 1400. The Morgan fingerprint density at radius 3 is 2.31 bits per heavy atom. The van der Waals surface area contributed by atoms with Crippen molar-refractivity contribution in [3.63, 3.8) is 0 Å². The molecule has 0 spiro atoms. The third-order valence-electron chi connectivity index (χ3n) is 5.46. The first-order valence-corrected chi connectivity index (χ1v) is 10.6. The highest BCUT2D eigenvalue weighted by atomic mass is 16.5. The lowest BCUT2D eigenvalue weighted by molar-refractivity contribution is 0.414. The average molecular weight is 437 g/mol. The van der Waals surface area contributed by atoms with Crippen LogP contribution in [0.3, 0.4) is 0 Å². The molecule has 3 aromatic heterocycles. The summed E-state index contributed by atoms with van der Waals surface area (Å²) >= 11 is 0. The van der Waals surface area contributed by atoms with Gasteiger partial charge in [-0.3, -0.25) is 18.5 Å². The lowest BCUT2D eigenvalue weighted by Gasteiger charge is -2.13.